The molecular formula is C52H66N8O9S2. The second-order valence-corrected chi connectivity index (χ2v) is 23.4. The number of amides is 4. The molecule has 5 aliphatic rings. The molecule has 4 aromatic rings. The van der Waals surface area contributed by atoms with E-state index in [0.29, 0.717) is 109 Å². The highest BCUT2D eigenvalue weighted by atomic mass is 32.2. The van der Waals surface area contributed by atoms with Crippen molar-refractivity contribution in [1.82, 2.24) is 34.7 Å². The van der Waals surface area contributed by atoms with Crippen LogP contribution in [0.5, 0.6) is 11.5 Å². The number of nitrogens with zero attached hydrogens (tertiary/aromatic N) is 5. The molecule has 2 aromatic heterocycles. The van der Waals surface area contributed by atoms with Crippen LogP contribution < -0.4 is 24.8 Å². The number of rotatable bonds is 13. The Morgan fingerprint density at radius 3 is 2.54 bits per heavy atom. The van der Waals surface area contributed by atoms with E-state index in [9.17, 15) is 27.9 Å². The molecule has 71 heavy (non-hydrogen) atoms. The lowest BCUT2D eigenvalue weighted by atomic mass is 10.0. The number of thiazole rings is 1. The number of benzene rings is 2. The monoisotopic (exact) mass is 1010 g/mol. The first-order chi connectivity index (χ1) is 34.0. The van der Waals surface area contributed by atoms with Gasteiger partial charge in [-0.05, 0) is 88.6 Å². The van der Waals surface area contributed by atoms with Gasteiger partial charge in [0.15, 0.2) is 0 Å². The highest BCUT2D eigenvalue weighted by Crippen LogP contribution is 2.48. The zero-order valence-electron chi connectivity index (χ0n) is 41.2. The number of aromatic nitrogens is 2. The van der Waals surface area contributed by atoms with Gasteiger partial charge in [-0.3, -0.25) is 28.8 Å². The highest BCUT2D eigenvalue weighted by Gasteiger charge is 2.63. The zero-order chi connectivity index (χ0) is 50.2. The summed E-state index contributed by atoms with van der Waals surface area (Å²) in [6.45, 7) is 10.7. The Morgan fingerprint density at radius 1 is 1.03 bits per heavy atom. The van der Waals surface area contributed by atoms with E-state index in [2.05, 4.69) is 34.1 Å². The number of piperazine rings is 1. The van der Waals surface area contributed by atoms with Crippen molar-refractivity contribution in [1.29, 1.82) is 0 Å². The maximum Gasteiger partial charge on any atom is 0.259 e. The molecule has 4 amide bonds. The van der Waals surface area contributed by atoms with Crippen LogP contribution in [-0.2, 0) is 24.4 Å². The Kier molecular flexibility index (Phi) is 14.5. The normalized spacial score (nSPS) is 24.9. The third-order valence-electron chi connectivity index (χ3n) is 15.0. The van der Waals surface area contributed by atoms with E-state index in [1.54, 1.807) is 37.1 Å². The summed E-state index contributed by atoms with van der Waals surface area (Å²) in [4.78, 5) is 73.7. The van der Waals surface area contributed by atoms with E-state index < -0.39 is 56.2 Å². The van der Waals surface area contributed by atoms with Crippen LogP contribution in [0.2, 0.25) is 0 Å². The van der Waals surface area contributed by atoms with Gasteiger partial charge < -0.3 is 35.0 Å². The molecule has 0 radical (unpaired) electrons. The summed E-state index contributed by atoms with van der Waals surface area (Å²) in [5.41, 5.74) is 2.52. The molecule has 19 heteroatoms. The number of pyridine rings is 1. The first-order valence-corrected chi connectivity index (χ1v) is 27.3. The summed E-state index contributed by atoms with van der Waals surface area (Å²) < 4.78 is 40.8. The van der Waals surface area contributed by atoms with Crippen molar-refractivity contribution < 1.29 is 42.2 Å². The number of hydrogen-bond donors (Lipinski definition) is 4. The average Bonchev–Trinajstić information content (AvgIpc) is 4.13. The second kappa shape index (κ2) is 20.5. The average molecular weight is 1010 g/mol. The predicted octanol–water partition coefficient (Wildman–Crippen LogP) is 5.77. The standard InChI is InChI=1S/C52H66N8O9S2/c1-32(2)41-31-70-47(55-41)40-28-44(38-16-17-43(68-5)33(3)45(38)54-40)69-37-27-42-46(62)56-52(50(65)57-71(66,67)51(4)18-19-51)29-35(52)13-9-7-6-8-10-15-39(49(64)60(42)30-37)53-36-14-11-12-34(26-36)48(63)59-22-20-58(21-23-59)24-25-61/h9,11-14,16-17,26,28,31-32,35,37,39,42,53,61H,6-8,10,15,18-25,27,29-30H2,1-5H3,(H,56,62)(H,57,65)/t35-,37-,39+,42+,52-/m1/s1. The third-order valence-corrected chi connectivity index (χ3v) is 18.0. The first-order valence-electron chi connectivity index (χ1n) is 25.0. The fourth-order valence-electron chi connectivity index (χ4n) is 10.0. The van der Waals surface area contributed by atoms with Gasteiger partial charge >= 0.3 is 0 Å². The predicted molar refractivity (Wildman–Crippen MR) is 272 cm³/mol. The van der Waals surface area contributed by atoms with E-state index in [-0.39, 0.29) is 43.7 Å². The number of allylic oxidation sites excluding steroid dienone is 1. The Balaban J connectivity index is 1.04. The molecule has 2 saturated carbocycles. The number of hydrogen-bond acceptors (Lipinski definition) is 14. The largest absolute Gasteiger partial charge is 0.496 e. The molecule has 0 spiro atoms. The molecule has 4 fully saturated rings. The van der Waals surface area contributed by atoms with Crippen molar-refractivity contribution in [3.05, 3.63) is 76.8 Å². The van der Waals surface area contributed by atoms with E-state index >= 15 is 4.79 Å². The van der Waals surface area contributed by atoms with Crippen LogP contribution in [0, 0.1) is 12.8 Å². The SMILES string of the molecule is COc1ccc2c(O[C@@H]3C[C@H]4C(=O)N[C@]5(C(=O)NS(=O)(=O)C6(C)CC6)C[C@H]5C=CCCCCC[C@H](Nc5cccc(C(=O)N6CCN(CCO)CC6)c5)C(=O)N4C3)cc(-c3nc(C(C)C)cs3)nc2c1C. The van der Waals surface area contributed by atoms with Gasteiger partial charge in [0.05, 0.1) is 36.2 Å². The number of carbonyl (C=O) groups excluding carboxylic acids is 4. The van der Waals surface area contributed by atoms with Gasteiger partial charge in [-0.1, -0.05) is 44.9 Å². The Bertz CT molecular complexity index is 2820. The number of fused-ring (bicyclic) bond motifs is 3. The van der Waals surface area contributed by atoms with E-state index in [1.807, 2.05) is 48.7 Å². The summed E-state index contributed by atoms with van der Waals surface area (Å²) in [5, 5.41) is 19.3. The Labute approximate surface area is 419 Å². The van der Waals surface area contributed by atoms with Crippen molar-refractivity contribution in [3.8, 4) is 22.2 Å². The minimum Gasteiger partial charge on any atom is -0.496 e. The van der Waals surface area contributed by atoms with Crippen LogP contribution in [0.3, 0.4) is 0 Å². The molecule has 2 aromatic carbocycles. The van der Waals surface area contributed by atoms with Crippen LogP contribution in [0.1, 0.15) is 106 Å². The summed E-state index contributed by atoms with van der Waals surface area (Å²) in [5.74, 6) is -0.942. The van der Waals surface area contributed by atoms with Crippen molar-refractivity contribution in [3.63, 3.8) is 0 Å². The number of ether oxygens (including phenoxy) is 2. The second-order valence-electron chi connectivity index (χ2n) is 20.4. The maximum absolute atomic E-state index is 15.3. The van der Waals surface area contributed by atoms with Crippen molar-refractivity contribution >= 4 is 61.6 Å². The number of carbonyl (C=O) groups is 4. The minimum atomic E-state index is -4.03. The smallest absolute Gasteiger partial charge is 0.259 e. The topological polar surface area (TPSA) is 213 Å². The Hall–Kier alpha value is -5.63. The summed E-state index contributed by atoms with van der Waals surface area (Å²) in [6, 6.07) is 10.8. The van der Waals surface area contributed by atoms with Gasteiger partial charge in [0.25, 0.3) is 11.8 Å². The van der Waals surface area contributed by atoms with Crippen molar-refractivity contribution in [2.24, 2.45) is 5.92 Å². The van der Waals surface area contributed by atoms with Gasteiger partial charge in [0, 0.05) is 78.7 Å². The molecule has 3 aliphatic heterocycles. The molecule has 2 saturated heterocycles. The van der Waals surface area contributed by atoms with Gasteiger partial charge in [-0.15, -0.1) is 11.3 Å². The number of anilines is 1. The van der Waals surface area contributed by atoms with Crippen molar-refractivity contribution in [2.45, 2.75) is 120 Å². The lowest BCUT2D eigenvalue weighted by Gasteiger charge is -2.34. The molecule has 5 atom stereocenters. The van der Waals surface area contributed by atoms with Crippen LogP contribution in [0.15, 0.2) is 60.0 Å². The van der Waals surface area contributed by atoms with Crippen LogP contribution in [0.4, 0.5) is 5.69 Å². The maximum atomic E-state index is 15.3. The molecule has 2 aliphatic carbocycles. The van der Waals surface area contributed by atoms with Gasteiger partial charge in [-0.25, -0.2) is 18.4 Å². The number of aliphatic hydroxyl groups is 1. The van der Waals surface area contributed by atoms with Crippen LogP contribution >= 0.6 is 11.3 Å². The van der Waals surface area contributed by atoms with Gasteiger partial charge in [-0.2, -0.15) is 0 Å². The molecule has 4 N–H and O–H groups in total. The first kappa shape index (κ1) is 50.3. The minimum absolute atomic E-state index is 0.0220. The number of nitrogens with one attached hydrogen (secondary N) is 3. The van der Waals surface area contributed by atoms with E-state index in [4.69, 9.17) is 19.4 Å². The molecule has 0 bridgehead atoms. The van der Waals surface area contributed by atoms with E-state index in [1.165, 1.54) is 16.2 Å². The lowest BCUT2D eigenvalue weighted by molar-refractivity contribution is -0.140. The van der Waals surface area contributed by atoms with Crippen LogP contribution in [0.25, 0.3) is 21.6 Å². The number of methoxy groups -OCH3 is 1. The number of aliphatic hydroxyl groups excluding tert-OH is 1. The summed E-state index contributed by atoms with van der Waals surface area (Å²) >= 11 is 1.49. The molecule has 0 unspecified atom stereocenters. The number of sulfonamides is 1. The number of aryl methyl sites for hydroxylation is 1. The zero-order valence-corrected chi connectivity index (χ0v) is 42.9. The number of β-amino-alcohol motifs (C(OH)–C–C–N with tert-alkyl or cyclic N) is 1. The molecule has 5 heterocycles. The van der Waals surface area contributed by atoms with E-state index in [0.717, 1.165) is 24.1 Å². The van der Waals surface area contributed by atoms with Crippen LogP contribution in [-0.4, -0.2) is 143 Å². The highest BCUT2D eigenvalue weighted by molar-refractivity contribution is 7.91. The summed E-state index contributed by atoms with van der Waals surface area (Å²) in [6.07, 6.45) is 7.76. The molecule has 380 valence electrons. The Morgan fingerprint density at radius 2 is 1.82 bits per heavy atom. The van der Waals surface area contributed by atoms with Crippen molar-refractivity contribution in [2.75, 3.05) is 58.3 Å². The third kappa shape index (κ3) is 10.5. The molecule has 9 rings (SSSR count). The lowest BCUT2D eigenvalue weighted by Crippen LogP contribution is -2.58. The van der Waals surface area contributed by atoms with Gasteiger partial charge in [0.1, 0.15) is 45.9 Å². The molecule has 17 nitrogen and oxygen atoms in total. The quantitative estimate of drug-likeness (QED) is 0.117. The molecular weight excluding hydrogens is 945 g/mol. The van der Waals surface area contributed by atoms with Gasteiger partial charge in [0.2, 0.25) is 21.8 Å². The fraction of sp³-hybridized carbons (Fsp3) is 0.538. The fourth-order valence-corrected chi connectivity index (χ4v) is 12.3. The summed E-state index contributed by atoms with van der Waals surface area (Å²) in [7, 11) is -2.42.